The molecule has 1 aliphatic heterocycles. The highest BCUT2D eigenvalue weighted by Gasteiger charge is 2.50. The molecule has 0 radical (unpaired) electrons. The van der Waals surface area contributed by atoms with E-state index in [1.165, 1.54) is 88.3 Å². The molecular formula is C30H48N2O2. The van der Waals surface area contributed by atoms with Crippen LogP contribution in [0.1, 0.15) is 103 Å². The van der Waals surface area contributed by atoms with Crippen LogP contribution in [0, 0.1) is 29.6 Å². The number of nitrogens with zero attached hydrogens (tertiary/aromatic N) is 1. The molecule has 2 N–H and O–H groups in total. The van der Waals surface area contributed by atoms with Crippen LogP contribution in [0.3, 0.4) is 0 Å². The number of carbonyl (C=O) groups is 1. The van der Waals surface area contributed by atoms with Gasteiger partial charge in [0.1, 0.15) is 5.60 Å². The lowest BCUT2D eigenvalue weighted by Gasteiger charge is -2.41. The van der Waals surface area contributed by atoms with Crippen LogP contribution in [0.5, 0.6) is 0 Å². The number of likely N-dealkylation sites (tertiary alicyclic amines) is 1. The second kappa shape index (κ2) is 10.4. The number of amides is 1. The van der Waals surface area contributed by atoms with Crippen molar-refractivity contribution in [1.29, 1.82) is 0 Å². The molecule has 5 fully saturated rings. The van der Waals surface area contributed by atoms with Crippen molar-refractivity contribution in [2.24, 2.45) is 29.6 Å². The largest absolute Gasteiger partial charge is 0.386 e. The smallest absolute Gasteiger partial charge is 0.254 e. The standard InChI is InChI=1S/C30H48N2O2/c1-21(19-23-5-3-6-23)31-28-8-4-7-27(20-28)26-11-9-24(10-12-26)22(2)25-13-17-32(18-14-25)29(33)30(34)15-16-30/h23-28,31,34H,1-20H2. The summed E-state index contributed by atoms with van der Waals surface area (Å²) >= 11 is 0. The fourth-order valence-electron chi connectivity index (χ4n) is 7.55. The normalized spacial score (nSPS) is 34.2. The first-order valence-electron chi connectivity index (χ1n) is 14.6. The van der Waals surface area contributed by atoms with Gasteiger partial charge in [0, 0.05) is 24.8 Å². The van der Waals surface area contributed by atoms with Crippen LogP contribution < -0.4 is 5.32 Å². The Hall–Kier alpha value is -1.29. The van der Waals surface area contributed by atoms with Gasteiger partial charge >= 0.3 is 0 Å². The molecule has 1 heterocycles. The molecule has 4 heteroatoms. The van der Waals surface area contributed by atoms with Gasteiger partial charge in [0.15, 0.2) is 0 Å². The minimum Gasteiger partial charge on any atom is -0.386 e. The van der Waals surface area contributed by atoms with Gasteiger partial charge in [-0.15, -0.1) is 0 Å². The van der Waals surface area contributed by atoms with E-state index in [2.05, 4.69) is 18.5 Å². The van der Waals surface area contributed by atoms with Gasteiger partial charge < -0.3 is 15.3 Å². The summed E-state index contributed by atoms with van der Waals surface area (Å²) in [7, 11) is 0. The first-order chi connectivity index (χ1) is 16.4. The third-order valence-electron chi connectivity index (χ3n) is 10.3. The predicted octanol–water partition coefficient (Wildman–Crippen LogP) is 5.96. The molecule has 1 amide bonds. The van der Waals surface area contributed by atoms with E-state index in [4.69, 9.17) is 0 Å². The monoisotopic (exact) mass is 468 g/mol. The summed E-state index contributed by atoms with van der Waals surface area (Å²) in [6.07, 6.45) is 19.6. The summed E-state index contributed by atoms with van der Waals surface area (Å²) in [5.41, 5.74) is 1.75. The average Bonchev–Trinajstić information content (AvgIpc) is 3.59. The van der Waals surface area contributed by atoms with Gasteiger partial charge in [0.05, 0.1) is 0 Å². The van der Waals surface area contributed by atoms with Gasteiger partial charge in [0.2, 0.25) is 0 Å². The lowest BCUT2D eigenvalue weighted by molar-refractivity contribution is -0.143. The van der Waals surface area contributed by atoms with Crippen molar-refractivity contribution in [2.75, 3.05) is 13.1 Å². The minimum absolute atomic E-state index is 0.0241. The third kappa shape index (κ3) is 5.58. The number of aliphatic hydroxyl groups is 1. The second-order valence-corrected chi connectivity index (χ2v) is 12.7. The quantitative estimate of drug-likeness (QED) is 0.432. The zero-order valence-electron chi connectivity index (χ0n) is 21.4. The van der Waals surface area contributed by atoms with E-state index in [0.717, 1.165) is 43.7 Å². The Morgan fingerprint density at radius 1 is 0.853 bits per heavy atom. The van der Waals surface area contributed by atoms with Crippen LogP contribution in [-0.2, 0) is 4.79 Å². The number of nitrogens with one attached hydrogen (secondary N) is 1. The Balaban J connectivity index is 1.03. The summed E-state index contributed by atoms with van der Waals surface area (Å²) in [6, 6.07) is 0.653. The second-order valence-electron chi connectivity index (χ2n) is 12.7. The van der Waals surface area contributed by atoms with Crippen molar-refractivity contribution < 1.29 is 9.90 Å². The molecule has 34 heavy (non-hydrogen) atoms. The van der Waals surface area contributed by atoms with E-state index in [0.29, 0.717) is 30.7 Å². The van der Waals surface area contributed by atoms with Crippen molar-refractivity contribution in [3.8, 4) is 0 Å². The molecule has 0 aromatic rings. The molecule has 4 nitrogen and oxygen atoms in total. The highest BCUT2D eigenvalue weighted by molar-refractivity contribution is 5.87. The molecule has 190 valence electrons. The van der Waals surface area contributed by atoms with Crippen LogP contribution in [0.25, 0.3) is 0 Å². The molecule has 0 bridgehead atoms. The van der Waals surface area contributed by atoms with Crippen molar-refractivity contribution >= 4 is 5.91 Å². The maximum absolute atomic E-state index is 12.4. The molecule has 1 saturated heterocycles. The molecule has 2 unspecified atom stereocenters. The van der Waals surface area contributed by atoms with E-state index in [9.17, 15) is 9.90 Å². The lowest BCUT2D eigenvalue weighted by Crippen LogP contribution is -2.45. The molecule has 0 aromatic heterocycles. The Labute approximate surface area is 207 Å². The SMILES string of the molecule is C=C(CC1CCC1)NC1CCCC(C2CCC(C(=C)C3CCN(C(=O)C4(O)CC4)CC3)CC2)C1. The van der Waals surface area contributed by atoms with Crippen molar-refractivity contribution in [2.45, 2.75) is 114 Å². The van der Waals surface area contributed by atoms with Crippen molar-refractivity contribution in [3.05, 3.63) is 24.4 Å². The average molecular weight is 469 g/mol. The van der Waals surface area contributed by atoms with Crippen LogP contribution in [0.15, 0.2) is 24.4 Å². The fraction of sp³-hybridized carbons (Fsp3) is 0.833. The maximum atomic E-state index is 12.4. The summed E-state index contributed by atoms with van der Waals surface area (Å²) in [4.78, 5) is 14.3. The van der Waals surface area contributed by atoms with Crippen LogP contribution in [-0.4, -0.2) is 40.6 Å². The Bertz CT molecular complexity index is 752. The van der Waals surface area contributed by atoms with Crippen LogP contribution in [0.2, 0.25) is 0 Å². The van der Waals surface area contributed by atoms with Gasteiger partial charge in [-0.05, 0) is 100 Å². The van der Waals surface area contributed by atoms with E-state index < -0.39 is 5.60 Å². The van der Waals surface area contributed by atoms with Crippen molar-refractivity contribution in [1.82, 2.24) is 10.2 Å². The zero-order chi connectivity index (χ0) is 23.7. The van der Waals surface area contributed by atoms with Gasteiger partial charge in [-0.25, -0.2) is 0 Å². The molecule has 5 rings (SSSR count). The van der Waals surface area contributed by atoms with Gasteiger partial charge in [-0.2, -0.15) is 0 Å². The first kappa shape index (κ1) is 24.4. The minimum atomic E-state index is -1.01. The van der Waals surface area contributed by atoms with Crippen LogP contribution in [0.4, 0.5) is 0 Å². The molecule has 4 saturated carbocycles. The molecule has 2 atom stereocenters. The van der Waals surface area contributed by atoms with E-state index in [1.54, 1.807) is 0 Å². The number of hydrogen-bond acceptors (Lipinski definition) is 3. The summed E-state index contributed by atoms with van der Waals surface area (Å²) in [6.45, 7) is 10.5. The summed E-state index contributed by atoms with van der Waals surface area (Å²) < 4.78 is 0. The molecule has 5 aliphatic rings. The van der Waals surface area contributed by atoms with Gasteiger partial charge in [-0.1, -0.05) is 50.8 Å². The van der Waals surface area contributed by atoms with Gasteiger partial charge in [0.25, 0.3) is 5.91 Å². The predicted molar refractivity (Wildman–Crippen MR) is 138 cm³/mol. The van der Waals surface area contributed by atoms with Crippen molar-refractivity contribution in [3.63, 3.8) is 0 Å². The lowest BCUT2D eigenvalue weighted by atomic mass is 9.67. The van der Waals surface area contributed by atoms with E-state index in [-0.39, 0.29) is 5.91 Å². The Kier molecular flexibility index (Phi) is 7.44. The number of allylic oxidation sites excluding steroid dienone is 2. The summed E-state index contributed by atoms with van der Waals surface area (Å²) in [5, 5.41) is 14.0. The third-order valence-corrected chi connectivity index (χ3v) is 10.3. The number of rotatable bonds is 8. The van der Waals surface area contributed by atoms with E-state index in [1.807, 2.05) is 4.90 Å². The number of piperidine rings is 1. The highest BCUT2D eigenvalue weighted by Crippen LogP contribution is 2.44. The maximum Gasteiger partial charge on any atom is 0.254 e. The summed E-state index contributed by atoms with van der Waals surface area (Å²) in [5.74, 6) is 3.90. The molecular weight excluding hydrogens is 420 g/mol. The Morgan fingerprint density at radius 2 is 1.50 bits per heavy atom. The molecule has 4 aliphatic carbocycles. The molecule has 0 aromatic carbocycles. The first-order valence-corrected chi connectivity index (χ1v) is 14.6. The number of hydrogen-bond donors (Lipinski definition) is 2. The fourth-order valence-corrected chi connectivity index (χ4v) is 7.55. The highest BCUT2D eigenvalue weighted by atomic mass is 16.3. The topological polar surface area (TPSA) is 52.6 Å². The molecule has 0 spiro atoms. The number of carbonyl (C=O) groups excluding carboxylic acids is 1. The van der Waals surface area contributed by atoms with Crippen LogP contribution >= 0.6 is 0 Å². The zero-order valence-corrected chi connectivity index (χ0v) is 21.4. The van der Waals surface area contributed by atoms with Gasteiger partial charge in [-0.3, -0.25) is 4.79 Å². The van der Waals surface area contributed by atoms with E-state index >= 15 is 0 Å². The Morgan fingerprint density at radius 3 is 2.12 bits per heavy atom.